The van der Waals surface area contributed by atoms with E-state index in [1.165, 1.54) is 0 Å². The van der Waals surface area contributed by atoms with Gasteiger partial charge in [0.2, 0.25) is 0 Å². The van der Waals surface area contributed by atoms with E-state index in [4.69, 9.17) is 10.00 Å². The lowest BCUT2D eigenvalue weighted by Gasteiger charge is -2.10. The van der Waals surface area contributed by atoms with Gasteiger partial charge in [-0.25, -0.2) is 0 Å². The molecule has 0 spiro atoms. The molecule has 112 valence electrons. The van der Waals surface area contributed by atoms with Gasteiger partial charge in [0.1, 0.15) is 5.75 Å². The average molecular weight is 294 g/mol. The molecule has 0 bridgehead atoms. The summed E-state index contributed by atoms with van der Waals surface area (Å²) in [6, 6.07) is 15.1. The summed E-state index contributed by atoms with van der Waals surface area (Å²) in [6.45, 7) is 4.28. The number of carbonyl (C=O) groups excluding carboxylic acids is 1. The molecule has 0 aliphatic heterocycles. The van der Waals surface area contributed by atoms with Gasteiger partial charge in [-0.15, -0.1) is 0 Å². The highest BCUT2D eigenvalue weighted by Gasteiger charge is 2.05. The molecule has 0 fully saturated rings. The van der Waals surface area contributed by atoms with Crippen LogP contribution in [0, 0.1) is 25.2 Å². The van der Waals surface area contributed by atoms with Gasteiger partial charge in [0, 0.05) is 6.54 Å². The Bertz CT molecular complexity index is 717. The van der Waals surface area contributed by atoms with Gasteiger partial charge in [-0.2, -0.15) is 5.26 Å². The molecule has 0 aliphatic carbocycles. The van der Waals surface area contributed by atoms with Crippen LogP contribution in [0.3, 0.4) is 0 Å². The van der Waals surface area contributed by atoms with E-state index in [-0.39, 0.29) is 12.5 Å². The number of carbonyl (C=O) groups is 1. The van der Waals surface area contributed by atoms with Gasteiger partial charge in [0.05, 0.1) is 11.6 Å². The number of nitrogens with one attached hydrogen (secondary N) is 1. The van der Waals surface area contributed by atoms with Gasteiger partial charge in [-0.1, -0.05) is 24.3 Å². The second kappa shape index (κ2) is 7.28. The van der Waals surface area contributed by atoms with E-state index in [9.17, 15) is 4.79 Å². The van der Waals surface area contributed by atoms with E-state index in [0.717, 1.165) is 22.4 Å². The molecule has 0 unspecified atom stereocenters. The van der Waals surface area contributed by atoms with Crippen molar-refractivity contribution in [2.45, 2.75) is 20.4 Å². The molecule has 4 heteroatoms. The molecule has 0 radical (unpaired) electrons. The van der Waals surface area contributed by atoms with Crippen molar-refractivity contribution in [3.05, 3.63) is 64.7 Å². The second-order valence-corrected chi connectivity index (χ2v) is 5.15. The van der Waals surface area contributed by atoms with Crippen LogP contribution in [0.1, 0.15) is 22.3 Å². The minimum atomic E-state index is -0.191. The lowest BCUT2D eigenvalue weighted by molar-refractivity contribution is -0.123. The van der Waals surface area contributed by atoms with E-state index >= 15 is 0 Å². The van der Waals surface area contributed by atoms with Crippen molar-refractivity contribution in [3.8, 4) is 11.8 Å². The third-order valence-electron chi connectivity index (χ3n) is 3.25. The monoisotopic (exact) mass is 294 g/mol. The first-order valence-corrected chi connectivity index (χ1v) is 7.04. The van der Waals surface area contributed by atoms with Crippen LogP contribution in [-0.4, -0.2) is 12.5 Å². The number of hydrogen-bond donors (Lipinski definition) is 1. The standard InChI is InChI=1S/C18H18N2O2/c1-13-6-7-14(2)17(8-13)22-12-18(21)20-11-16-5-3-4-15(9-16)10-19/h3-9H,11-12H2,1-2H3,(H,20,21). The summed E-state index contributed by atoms with van der Waals surface area (Å²) >= 11 is 0. The Labute approximate surface area is 130 Å². The molecular weight excluding hydrogens is 276 g/mol. The fourth-order valence-corrected chi connectivity index (χ4v) is 2.01. The molecule has 0 heterocycles. The zero-order valence-corrected chi connectivity index (χ0v) is 12.7. The number of amides is 1. The molecule has 2 aromatic rings. The largest absolute Gasteiger partial charge is 0.483 e. The molecule has 0 saturated carbocycles. The zero-order chi connectivity index (χ0) is 15.9. The Morgan fingerprint density at radius 1 is 1.23 bits per heavy atom. The molecule has 1 N–H and O–H groups in total. The summed E-state index contributed by atoms with van der Waals surface area (Å²) in [5.41, 5.74) is 3.56. The highest BCUT2D eigenvalue weighted by atomic mass is 16.5. The number of aryl methyl sites for hydroxylation is 2. The lowest BCUT2D eigenvalue weighted by atomic mass is 10.1. The smallest absolute Gasteiger partial charge is 0.258 e. The lowest BCUT2D eigenvalue weighted by Crippen LogP contribution is -2.28. The van der Waals surface area contributed by atoms with Crippen molar-refractivity contribution in [1.82, 2.24) is 5.32 Å². The molecule has 0 saturated heterocycles. The summed E-state index contributed by atoms with van der Waals surface area (Å²) < 4.78 is 5.55. The summed E-state index contributed by atoms with van der Waals surface area (Å²) in [5.74, 6) is 0.532. The highest BCUT2D eigenvalue weighted by molar-refractivity contribution is 5.77. The van der Waals surface area contributed by atoms with Gasteiger partial charge in [0.15, 0.2) is 6.61 Å². The van der Waals surface area contributed by atoms with E-state index in [0.29, 0.717) is 12.1 Å². The molecule has 1 amide bonds. The second-order valence-electron chi connectivity index (χ2n) is 5.15. The van der Waals surface area contributed by atoms with Crippen LogP contribution < -0.4 is 10.1 Å². The van der Waals surface area contributed by atoms with Gasteiger partial charge in [-0.3, -0.25) is 4.79 Å². The third-order valence-corrected chi connectivity index (χ3v) is 3.25. The fourth-order valence-electron chi connectivity index (χ4n) is 2.01. The van der Waals surface area contributed by atoms with Crippen LogP contribution in [0.2, 0.25) is 0 Å². The first-order chi connectivity index (χ1) is 10.6. The minimum absolute atomic E-state index is 0.0256. The molecule has 22 heavy (non-hydrogen) atoms. The fraction of sp³-hybridized carbons (Fsp3) is 0.222. The maximum Gasteiger partial charge on any atom is 0.258 e. The van der Waals surface area contributed by atoms with Crippen LogP contribution in [0.5, 0.6) is 5.75 Å². The SMILES string of the molecule is Cc1ccc(C)c(OCC(=O)NCc2cccc(C#N)c2)c1. The van der Waals surface area contributed by atoms with Gasteiger partial charge < -0.3 is 10.1 Å². The van der Waals surface area contributed by atoms with Crippen LogP contribution >= 0.6 is 0 Å². The quantitative estimate of drug-likeness (QED) is 0.922. The molecule has 2 rings (SSSR count). The number of hydrogen-bond acceptors (Lipinski definition) is 3. The number of rotatable bonds is 5. The molecule has 2 aromatic carbocycles. The van der Waals surface area contributed by atoms with Gasteiger partial charge in [0.25, 0.3) is 5.91 Å². The Morgan fingerprint density at radius 2 is 2.05 bits per heavy atom. The predicted octanol–water partition coefficient (Wildman–Crippen LogP) is 2.87. The van der Waals surface area contributed by atoms with Crippen molar-refractivity contribution in [2.75, 3.05) is 6.61 Å². The number of benzene rings is 2. The Kier molecular flexibility index (Phi) is 5.16. The van der Waals surface area contributed by atoms with Crippen molar-refractivity contribution in [3.63, 3.8) is 0 Å². The Morgan fingerprint density at radius 3 is 2.82 bits per heavy atom. The topological polar surface area (TPSA) is 62.1 Å². The molecule has 4 nitrogen and oxygen atoms in total. The number of nitrogens with zero attached hydrogens (tertiary/aromatic N) is 1. The first kappa shape index (κ1) is 15.6. The van der Waals surface area contributed by atoms with Crippen molar-refractivity contribution in [2.24, 2.45) is 0 Å². The Balaban J connectivity index is 1.85. The van der Waals surface area contributed by atoms with Crippen LogP contribution in [0.25, 0.3) is 0 Å². The van der Waals surface area contributed by atoms with E-state index in [2.05, 4.69) is 11.4 Å². The summed E-state index contributed by atoms with van der Waals surface area (Å²) in [4.78, 5) is 11.8. The van der Waals surface area contributed by atoms with Crippen molar-refractivity contribution < 1.29 is 9.53 Å². The van der Waals surface area contributed by atoms with Crippen LogP contribution in [-0.2, 0) is 11.3 Å². The number of nitriles is 1. The maximum absolute atomic E-state index is 11.8. The predicted molar refractivity (Wildman–Crippen MR) is 84.4 cm³/mol. The Hall–Kier alpha value is -2.80. The van der Waals surface area contributed by atoms with Crippen molar-refractivity contribution in [1.29, 1.82) is 5.26 Å². The van der Waals surface area contributed by atoms with Crippen LogP contribution in [0.4, 0.5) is 0 Å². The normalized spacial score (nSPS) is 9.86. The molecule has 0 aromatic heterocycles. The molecule has 0 atom stereocenters. The van der Waals surface area contributed by atoms with Gasteiger partial charge in [-0.05, 0) is 48.7 Å². The van der Waals surface area contributed by atoms with E-state index < -0.39 is 0 Å². The zero-order valence-electron chi connectivity index (χ0n) is 12.7. The first-order valence-electron chi connectivity index (χ1n) is 7.04. The summed E-state index contributed by atoms with van der Waals surface area (Å²) in [7, 11) is 0. The summed E-state index contributed by atoms with van der Waals surface area (Å²) in [6.07, 6.45) is 0. The third kappa shape index (κ3) is 4.35. The number of ether oxygens (including phenoxy) is 1. The average Bonchev–Trinajstić information content (AvgIpc) is 2.54. The summed E-state index contributed by atoms with van der Waals surface area (Å²) in [5, 5.41) is 11.6. The van der Waals surface area contributed by atoms with Gasteiger partial charge >= 0.3 is 0 Å². The van der Waals surface area contributed by atoms with E-state index in [1.54, 1.807) is 18.2 Å². The molecular formula is C18H18N2O2. The van der Waals surface area contributed by atoms with E-state index in [1.807, 2.05) is 38.1 Å². The highest BCUT2D eigenvalue weighted by Crippen LogP contribution is 2.18. The minimum Gasteiger partial charge on any atom is -0.483 e. The molecule has 0 aliphatic rings. The van der Waals surface area contributed by atoms with Crippen LogP contribution in [0.15, 0.2) is 42.5 Å². The maximum atomic E-state index is 11.8. The van der Waals surface area contributed by atoms with Crippen molar-refractivity contribution >= 4 is 5.91 Å².